The number of piperidine rings is 1. The van der Waals surface area contributed by atoms with E-state index in [-0.39, 0.29) is 24.2 Å². The summed E-state index contributed by atoms with van der Waals surface area (Å²) in [5.41, 5.74) is 1.60. The van der Waals surface area contributed by atoms with Gasteiger partial charge in [-0.2, -0.15) is 0 Å². The molecule has 0 N–H and O–H groups in total. The van der Waals surface area contributed by atoms with E-state index in [2.05, 4.69) is 4.98 Å². The molecule has 1 aliphatic rings. The summed E-state index contributed by atoms with van der Waals surface area (Å²) in [6, 6.07) is 8.85. The number of carbonyl (C=O) groups is 1. The van der Waals surface area contributed by atoms with Crippen LogP contribution in [0.2, 0.25) is 0 Å². The van der Waals surface area contributed by atoms with Crippen LogP contribution in [0, 0.1) is 11.6 Å². The van der Waals surface area contributed by atoms with Crippen LogP contribution < -0.4 is 14.2 Å². The van der Waals surface area contributed by atoms with Crippen LogP contribution in [0.15, 0.2) is 41.8 Å². The minimum absolute atomic E-state index is 0.00873. The number of amides is 1. The predicted molar refractivity (Wildman–Crippen MR) is 121 cm³/mol. The zero-order valence-electron chi connectivity index (χ0n) is 18.3. The average Bonchev–Trinajstić information content (AvgIpc) is 3.29. The number of hydrogen-bond acceptors (Lipinski definition) is 6. The summed E-state index contributed by atoms with van der Waals surface area (Å²) in [6.07, 6.45) is 1.15. The minimum Gasteiger partial charge on any atom is -0.493 e. The third-order valence-electron chi connectivity index (χ3n) is 5.50. The standard InChI is InChI=1S/C24H24F2N2O4S/c1-30-21-5-3-15(11-22(21)31-2)24-27-17(14-33-24)13-23(29)28-9-7-18(8-10-28)32-20-6-4-16(25)12-19(20)26/h3-6,11-12,14,18H,7-10,13H2,1-2H3. The van der Waals surface area contributed by atoms with Gasteiger partial charge in [0.2, 0.25) is 5.91 Å². The summed E-state index contributed by atoms with van der Waals surface area (Å²) < 4.78 is 43.1. The lowest BCUT2D eigenvalue weighted by Crippen LogP contribution is -2.42. The van der Waals surface area contributed by atoms with Crippen molar-refractivity contribution in [1.82, 2.24) is 9.88 Å². The highest BCUT2D eigenvalue weighted by atomic mass is 32.1. The number of ether oxygens (including phenoxy) is 3. The van der Waals surface area contributed by atoms with Gasteiger partial charge in [-0.1, -0.05) is 0 Å². The maximum absolute atomic E-state index is 13.8. The third-order valence-corrected chi connectivity index (χ3v) is 6.44. The van der Waals surface area contributed by atoms with Gasteiger partial charge in [0.1, 0.15) is 16.9 Å². The molecule has 9 heteroatoms. The van der Waals surface area contributed by atoms with Gasteiger partial charge >= 0.3 is 0 Å². The molecule has 0 atom stereocenters. The van der Waals surface area contributed by atoms with Gasteiger partial charge in [0, 0.05) is 42.9 Å². The Morgan fingerprint density at radius 2 is 1.79 bits per heavy atom. The summed E-state index contributed by atoms with van der Waals surface area (Å²) in [7, 11) is 3.17. The highest BCUT2D eigenvalue weighted by Gasteiger charge is 2.25. The normalized spacial score (nSPS) is 14.2. The number of halogens is 2. The van der Waals surface area contributed by atoms with E-state index in [0.29, 0.717) is 43.1 Å². The molecular formula is C24H24F2N2O4S. The predicted octanol–water partition coefficient (Wildman–Crippen LogP) is 4.72. The van der Waals surface area contributed by atoms with Gasteiger partial charge in [-0.25, -0.2) is 13.8 Å². The molecule has 2 aromatic carbocycles. The summed E-state index contributed by atoms with van der Waals surface area (Å²) in [4.78, 5) is 19.2. The van der Waals surface area contributed by atoms with Crippen LogP contribution in [0.3, 0.4) is 0 Å². The lowest BCUT2D eigenvalue weighted by Gasteiger charge is -2.32. The van der Waals surface area contributed by atoms with Gasteiger partial charge in [0.15, 0.2) is 23.1 Å². The van der Waals surface area contributed by atoms with Crippen molar-refractivity contribution in [2.75, 3.05) is 27.3 Å². The van der Waals surface area contributed by atoms with Crippen molar-refractivity contribution >= 4 is 17.2 Å². The van der Waals surface area contributed by atoms with Crippen molar-refractivity contribution in [3.63, 3.8) is 0 Å². The molecule has 2 heterocycles. The second-order valence-electron chi connectivity index (χ2n) is 7.66. The number of carbonyl (C=O) groups excluding carboxylic acids is 1. The number of thiazole rings is 1. The number of aromatic nitrogens is 1. The van der Waals surface area contributed by atoms with E-state index in [4.69, 9.17) is 14.2 Å². The molecule has 3 aromatic rings. The molecular weight excluding hydrogens is 450 g/mol. The van der Waals surface area contributed by atoms with Crippen molar-refractivity contribution in [3.8, 4) is 27.8 Å². The van der Waals surface area contributed by atoms with Crippen LogP contribution in [0.1, 0.15) is 18.5 Å². The topological polar surface area (TPSA) is 60.9 Å². The zero-order chi connectivity index (χ0) is 23.4. The molecule has 1 amide bonds. The van der Waals surface area contributed by atoms with Crippen molar-refractivity contribution in [3.05, 3.63) is 59.1 Å². The Balaban J connectivity index is 1.32. The van der Waals surface area contributed by atoms with Crippen molar-refractivity contribution in [1.29, 1.82) is 0 Å². The first-order valence-corrected chi connectivity index (χ1v) is 11.4. The molecule has 33 heavy (non-hydrogen) atoms. The van der Waals surface area contributed by atoms with Crippen LogP contribution in [-0.4, -0.2) is 49.2 Å². The lowest BCUT2D eigenvalue weighted by atomic mass is 10.1. The summed E-state index contributed by atoms with van der Waals surface area (Å²) in [6.45, 7) is 1.03. The first kappa shape index (κ1) is 23.0. The van der Waals surface area contributed by atoms with E-state index in [1.807, 2.05) is 23.6 Å². The average molecular weight is 475 g/mol. The fraction of sp³-hybridized carbons (Fsp3) is 0.333. The van der Waals surface area contributed by atoms with Gasteiger partial charge in [-0.05, 0) is 30.3 Å². The van der Waals surface area contributed by atoms with Crippen LogP contribution in [0.25, 0.3) is 10.6 Å². The number of benzene rings is 2. The van der Waals surface area contributed by atoms with Gasteiger partial charge < -0.3 is 19.1 Å². The van der Waals surface area contributed by atoms with Crippen molar-refractivity contribution in [2.45, 2.75) is 25.4 Å². The molecule has 4 rings (SSSR count). The summed E-state index contributed by atoms with van der Waals surface area (Å²) in [5.74, 6) is -0.0768. The smallest absolute Gasteiger partial charge is 0.228 e. The highest BCUT2D eigenvalue weighted by Crippen LogP contribution is 2.33. The molecule has 0 saturated carbocycles. The Hall–Kier alpha value is -3.20. The van der Waals surface area contributed by atoms with Crippen LogP contribution in [0.5, 0.6) is 17.2 Å². The number of likely N-dealkylation sites (tertiary alicyclic amines) is 1. The van der Waals surface area contributed by atoms with E-state index < -0.39 is 11.6 Å². The monoisotopic (exact) mass is 474 g/mol. The van der Waals surface area contributed by atoms with Crippen molar-refractivity contribution < 1.29 is 27.8 Å². The Kier molecular flexibility index (Phi) is 7.08. The quantitative estimate of drug-likeness (QED) is 0.496. The van der Waals surface area contributed by atoms with E-state index in [1.54, 1.807) is 19.1 Å². The Morgan fingerprint density at radius 1 is 1.06 bits per heavy atom. The molecule has 1 saturated heterocycles. The molecule has 1 aliphatic heterocycles. The largest absolute Gasteiger partial charge is 0.493 e. The zero-order valence-corrected chi connectivity index (χ0v) is 19.2. The maximum Gasteiger partial charge on any atom is 0.228 e. The molecule has 1 fully saturated rings. The van der Waals surface area contributed by atoms with Gasteiger partial charge in [0.25, 0.3) is 0 Å². The Morgan fingerprint density at radius 3 is 2.48 bits per heavy atom. The summed E-state index contributed by atoms with van der Waals surface area (Å²) in [5, 5.41) is 2.68. The second-order valence-corrected chi connectivity index (χ2v) is 8.52. The molecule has 1 aromatic heterocycles. The Labute approximate surface area is 194 Å². The lowest BCUT2D eigenvalue weighted by molar-refractivity contribution is -0.132. The Bertz CT molecular complexity index is 1130. The number of methoxy groups -OCH3 is 2. The SMILES string of the molecule is COc1ccc(-c2nc(CC(=O)N3CCC(Oc4ccc(F)cc4F)CC3)cs2)cc1OC. The van der Waals surface area contributed by atoms with Gasteiger partial charge in [0.05, 0.1) is 26.3 Å². The van der Waals surface area contributed by atoms with Gasteiger partial charge in [-0.3, -0.25) is 4.79 Å². The van der Waals surface area contributed by atoms with E-state index in [9.17, 15) is 13.6 Å². The first-order chi connectivity index (χ1) is 16.0. The fourth-order valence-electron chi connectivity index (χ4n) is 3.73. The third kappa shape index (κ3) is 5.42. The second kappa shape index (κ2) is 10.2. The van der Waals surface area contributed by atoms with E-state index >= 15 is 0 Å². The number of rotatable bonds is 7. The fourth-order valence-corrected chi connectivity index (χ4v) is 4.55. The van der Waals surface area contributed by atoms with E-state index in [0.717, 1.165) is 16.6 Å². The molecule has 0 spiro atoms. The van der Waals surface area contributed by atoms with E-state index in [1.165, 1.54) is 23.5 Å². The number of hydrogen-bond donors (Lipinski definition) is 0. The maximum atomic E-state index is 13.8. The molecule has 0 radical (unpaired) electrons. The summed E-state index contributed by atoms with van der Waals surface area (Å²) >= 11 is 1.47. The van der Waals surface area contributed by atoms with Crippen molar-refractivity contribution in [2.24, 2.45) is 0 Å². The van der Waals surface area contributed by atoms with Crippen LogP contribution in [0.4, 0.5) is 8.78 Å². The van der Waals surface area contributed by atoms with Gasteiger partial charge in [-0.15, -0.1) is 11.3 Å². The molecule has 0 unspecified atom stereocenters. The minimum atomic E-state index is -0.720. The highest BCUT2D eigenvalue weighted by molar-refractivity contribution is 7.13. The molecule has 0 aliphatic carbocycles. The van der Waals surface area contributed by atoms with Crippen LogP contribution in [-0.2, 0) is 11.2 Å². The number of nitrogens with zero attached hydrogens (tertiary/aromatic N) is 2. The van der Waals surface area contributed by atoms with Crippen LogP contribution >= 0.6 is 11.3 Å². The molecule has 6 nitrogen and oxygen atoms in total. The molecule has 0 bridgehead atoms. The molecule has 174 valence electrons. The first-order valence-electron chi connectivity index (χ1n) is 10.5.